The minimum absolute atomic E-state index is 0.0671. The molecule has 0 fully saturated rings. The Hall–Kier alpha value is -2.98. The third kappa shape index (κ3) is 4.29. The van der Waals surface area contributed by atoms with Gasteiger partial charge in [0.2, 0.25) is 5.91 Å². The molecule has 0 saturated carbocycles. The van der Waals surface area contributed by atoms with Crippen molar-refractivity contribution in [3.05, 3.63) is 94.5 Å². The third-order valence-corrected chi connectivity index (χ3v) is 6.65. The van der Waals surface area contributed by atoms with Gasteiger partial charge in [-0.25, -0.2) is 4.98 Å². The van der Waals surface area contributed by atoms with Crippen molar-refractivity contribution in [2.45, 2.75) is 40.2 Å². The van der Waals surface area contributed by atoms with Crippen molar-refractivity contribution >= 4 is 32.6 Å². The standard InChI is InChI=1S/C26H26N2OS/c1-4-20-12-14-21(15-13-20)16-23(29)28(17-22-8-6-5-7-9-22)26-27-24-18(2)10-11-19(3)25(24)30-26/h5-15H,4,16-17H2,1-3H3. The summed E-state index contributed by atoms with van der Waals surface area (Å²) in [7, 11) is 0. The third-order valence-electron chi connectivity index (χ3n) is 5.43. The number of hydrogen-bond acceptors (Lipinski definition) is 3. The minimum atomic E-state index is 0.0671. The molecular weight excluding hydrogens is 388 g/mol. The summed E-state index contributed by atoms with van der Waals surface area (Å²) < 4.78 is 1.16. The van der Waals surface area contributed by atoms with Gasteiger partial charge in [0.05, 0.1) is 23.2 Å². The number of nitrogens with zero attached hydrogens (tertiary/aromatic N) is 2. The fourth-order valence-corrected chi connectivity index (χ4v) is 4.68. The van der Waals surface area contributed by atoms with E-state index in [-0.39, 0.29) is 5.91 Å². The molecule has 1 amide bonds. The number of hydrogen-bond donors (Lipinski definition) is 0. The van der Waals surface area contributed by atoms with Gasteiger partial charge in [0.15, 0.2) is 5.13 Å². The Labute approximate surface area is 182 Å². The lowest BCUT2D eigenvalue weighted by molar-refractivity contribution is -0.118. The van der Waals surface area contributed by atoms with Crippen LogP contribution in [0.3, 0.4) is 0 Å². The second-order valence-corrected chi connectivity index (χ2v) is 8.66. The van der Waals surface area contributed by atoms with Crippen LogP contribution in [0.4, 0.5) is 5.13 Å². The normalized spacial score (nSPS) is 11.0. The van der Waals surface area contributed by atoms with Gasteiger partial charge in [0, 0.05) is 0 Å². The van der Waals surface area contributed by atoms with Crippen molar-refractivity contribution in [2.24, 2.45) is 0 Å². The molecule has 3 nitrogen and oxygen atoms in total. The highest BCUT2D eigenvalue weighted by atomic mass is 32.1. The highest BCUT2D eigenvalue weighted by Gasteiger charge is 2.21. The highest BCUT2D eigenvalue weighted by molar-refractivity contribution is 7.22. The lowest BCUT2D eigenvalue weighted by atomic mass is 10.1. The van der Waals surface area contributed by atoms with E-state index in [2.05, 4.69) is 69.3 Å². The van der Waals surface area contributed by atoms with Gasteiger partial charge in [-0.3, -0.25) is 9.69 Å². The Morgan fingerprint density at radius 1 is 0.867 bits per heavy atom. The van der Waals surface area contributed by atoms with E-state index in [9.17, 15) is 4.79 Å². The van der Waals surface area contributed by atoms with Crippen LogP contribution in [0.15, 0.2) is 66.7 Å². The van der Waals surface area contributed by atoms with Crippen LogP contribution >= 0.6 is 11.3 Å². The van der Waals surface area contributed by atoms with E-state index < -0.39 is 0 Å². The van der Waals surface area contributed by atoms with E-state index in [0.717, 1.165) is 38.5 Å². The first-order valence-corrected chi connectivity index (χ1v) is 11.2. The first kappa shape index (κ1) is 20.3. The summed E-state index contributed by atoms with van der Waals surface area (Å²) in [4.78, 5) is 20.1. The molecular formula is C26H26N2OS. The molecule has 0 aliphatic carbocycles. The summed E-state index contributed by atoms with van der Waals surface area (Å²) in [6, 6.07) is 22.7. The topological polar surface area (TPSA) is 33.2 Å². The van der Waals surface area contributed by atoms with Crippen LogP contribution in [0.5, 0.6) is 0 Å². The number of anilines is 1. The zero-order valence-electron chi connectivity index (χ0n) is 17.7. The second-order valence-electron chi connectivity index (χ2n) is 7.69. The van der Waals surface area contributed by atoms with Gasteiger partial charge in [0.1, 0.15) is 0 Å². The summed E-state index contributed by atoms with van der Waals surface area (Å²) in [5.74, 6) is 0.0671. The summed E-state index contributed by atoms with van der Waals surface area (Å²) >= 11 is 1.60. The largest absolute Gasteiger partial charge is 0.283 e. The maximum absolute atomic E-state index is 13.4. The van der Waals surface area contributed by atoms with Crippen LogP contribution in [0.1, 0.15) is 34.7 Å². The van der Waals surface area contributed by atoms with Crippen LogP contribution in [-0.2, 0) is 24.2 Å². The molecule has 1 heterocycles. The van der Waals surface area contributed by atoms with Gasteiger partial charge in [-0.15, -0.1) is 0 Å². The van der Waals surface area contributed by atoms with Gasteiger partial charge in [-0.05, 0) is 48.1 Å². The second kappa shape index (κ2) is 8.80. The highest BCUT2D eigenvalue weighted by Crippen LogP contribution is 2.34. The number of carbonyl (C=O) groups is 1. The van der Waals surface area contributed by atoms with Crippen molar-refractivity contribution in [1.29, 1.82) is 0 Å². The number of amides is 1. The quantitative estimate of drug-likeness (QED) is 0.373. The molecule has 0 N–H and O–H groups in total. The van der Waals surface area contributed by atoms with Gasteiger partial charge < -0.3 is 0 Å². The molecule has 4 rings (SSSR count). The maximum atomic E-state index is 13.4. The molecule has 0 radical (unpaired) electrons. The number of thiazole rings is 1. The monoisotopic (exact) mass is 414 g/mol. The minimum Gasteiger partial charge on any atom is -0.283 e. The fraction of sp³-hybridized carbons (Fsp3) is 0.231. The van der Waals surface area contributed by atoms with Crippen LogP contribution < -0.4 is 4.90 Å². The Kier molecular flexibility index (Phi) is 5.96. The Bertz CT molecular complexity index is 1120. The molecule has 1 aromatic heterocycles. The average Bonchev–Trinajstić information content (AvgIpc) is 3.22. The van der Waals surface area contributed by atoms with E-state index in [4.69, 9.17) is 4.98 Å². The Morgan fingerprint density at radius 2 is 1.53 bits per heavy atom. The summed E-state index contributed by atoms with van der Waals surface area (Å²) in [5.41, 5.74) is 6.74. The predicted molar refractivity (Wildman–Crippen MR) is 126 cm³/mol. The number of fused-ring (bicyclic) bond motifs is 1. The van der Waals surface area contributed by atoms with Crippen molar-refractivity contribution in [3.63, 3.8) is 0 Å². The maximum Gasteiger partial charge on any atom is 0.233 e. The van der Waals surface area contributed by atoms with Gasteiger partial charge >= 0.3 is 0 Å². The van der Waals surface area contributed by atoms with E-state index >= 15 is 0 Å². The molecule has 0 saturated heterocycles. The first-order chi connectivity index (χ1) is 14.5. The molecule has 0 aliphatic heterocycles. The van der Waals surface area contributed by atoms with Crippen molar-refractivity contribution in [2.75, 3.05) is 4.90 Å². The molecule has 0 aliphatic rings. The van der Waals surface area contributed by atoms with Crippen LogP contribution in [-0.4, -0.2) is 10.9 Å². The number of carbonyl (C=O) groups excluding carboxylic acids is 1. The number of rotatable bonds is 6. The van der Waals surface area contributed by atoms with Crippen LogP contribution in [0, 0.1) is 13.8 Å². The number of benzene rings is 3. The van der Waals surface area contributed by atoms with Gasteiger partial charge in [0.25, 0.3) is 0 Å². The van der Waals surface area contributed by atoms with Gasteiger partial charge in [-0.1, -0.05) is 85.0 Å². The van der Waals surface area contributed by atoms with Gasteiger partial charge in [-0.2, -0.15) is 0 Å². The summed E-state index contributed by atoms with van der Waals surface area (Å²) in [5, 5.41) is 0.765. The van der Waals surface area contributed by atoms with E-state index in [1.165, 1.54) is 11.1 Å². The lowest BCUT2D eigenvalue weighted by Gasteiger charge is -2.20. The average molecular weight is 415 g/mol. The summed E-state index contributed by atoms with van der Waals surface area (Å²) in [6.45, 7) is 6.83. The molecule has 4 aromatic rings. The smallest absolute Gasteiger partial charge is 0.233 e. The van der Waals surface area contributed by atoms with E-state index in [0.29, 0.717) is 13.0 Å². The zero-order chi connectivity index (χ0) is 21.1. The SMILES string of the molecule is CCc1ccc(CC(=O)N(Cc2ccccc2)c2nc3c(C)ccc(C)c3s2)cc1. The molecule has 30 heavy (non-hydrogen) atoms. The molecule has 3 aromatic carbocycles. The molecule has 0 atom stereocenters. The molecule has 152 valence electrons. The molecule has 4 heteroatoms. The predicted octanol–water partition coefficient (Wildman–Crippen LogP) is 6.25. The number of aromatic nitrogens is 1. The van der Waals surface area contributed by atoms with Crippen molar-refractivity contribution < 1.29 is 4.79 Å². The Morgan fingerprint density at radius 3 is 2.20 bits per heavy atom. The molecule has 0 spiro atoms. The van der Waals surface area contributed by atoms with E-state index in [1.54, 1.807) is 11.3 Å². The van der Waals surface area contributed by atoms with Crippen molar-refractivity contribution in [3.8, 4) is 0 Å². The molecule has 0 bridgehead atoms. The lowest BCUT2D eigenvalue weighted by Crippen LogP contribution is -2.31. The number of aryl methyl sites for hydroxylation is 3. The van der Waals surface area contributed by atoms with Crippen LogP contribution in [0.25, 0.3) is 10.2 Å². The first-order valence-electron chi connectivity index (χ1n) is 10.3. The zero-order valence-corrected chi connectivity index (χ0v) is 18.5. The van der Waals surface area contributed by atoms with E-state index in [1.807, 2.05) is 23.1 Å². The fourth-order valence-electron chi connectivity index (χ4n) is 3.55. The molecule has 0 unspecified atom stereocenters. The summed E-state index contributed by atoms with van der Waals surface area (Å²) in [6.07, 6.45) is 1.36. The Balaban J connectivity index is 1.69. The van der Waals surface area contributed by atoms with Crippen molar-refractivity contribution in [1.82, 2.24) is 4.98 Å². The van der Waals surface area contributed by atoms with Crippen LogP contribution in [0.2, 0.25) is 0 Å².